The quantitative estimate of drug-likeness (QED) is 0.622. The normalized spacial score (nSPS) is 25.2. The molecular weight excluding hydrogens is 204 g/mol. The summed E-state index contributed by atoms with van der Waals surface area (Å²) < 4.78 is 0. The van der Waals surface area contributed by atoms with Crippen molar-refractivity contribution in [1.82, 2.24) is 0 Å². The first kappa shape index (κ1) is 13.5. The van der Waals surface area contributed by atoms with Crippen LogP contribution in [0.3, 0.4) is 0 Å². The third kappa shape index (κ3) is 2.41. The van der Waals surface area contributed by atoms with E-state index < -0.39 is 0 Å². The van der Waals surface area contributed by atoms with E-state index in [1.165, 1.54) is 22.3 Å². The van der Waals surface area contributed by atoms with Crippen LogP contribution in [0.15, 0.2) is 71.9 Å². The Hall–Kier alpha value is -1.56. The molecule has 0 saturated carbocycles. The number of hydrogen-bond donors (Lipinski definition) is 0. The van der Waals surface area contributed by atoms with E-state index in [9.17, 15) is 0 Å². The molecule has 0 aliphatic heterocycles. The predicted octanol–water partition coefficient (Wildman–Crippen LogP) is 5.14. The molecule has 1 atom stereocenters. The molecule has 0 heterocycles. The third-order valence-corrected chi connectivity index (χ3v) is 3.25. The first-order chi connectivity index (χ1) is 8.24. The zero-order chi connectivity index (χ0) is 12.8. The highest BCUT2D eigenvalue weighted by Crippen LogP contribution is 2.43. The molecule has 0 aromatic rings. The summed E-state index contributed by atoms with van der Waals surface area (Å²) >= 11 is 0. The Morgan fingerprint density at radius 1 is 1.18 bits per heavy atom. The fourth-order valence-electron chi connectivity index (χ4n) is 2.50. The van der Waals surface area contributed by atoms with Crippen LogP contribution < -0.4 is 0 Å². The molecule has 0 nitrogen and oxygen atoms in total. The van der Waals surface area contributed by atoms with Gasteiger partial charge in [0.15, 0.2) is 0 Å². The summed E-state index contributed by atoms with van der Waals surface area (Å²) in [5.41, 5.74) is 5.24. The largest absolute Gasteiger partial charge is 0.0987 e. The van der Waals surface area contributed by atoms with Gasteiger partial charge in [0, 0.05) is 5.92 Å². The minimum Gasteiger partial charge on any atom is -0.0987 e. The van der Waals surface area contributed by atoms with Gasteiger partial charge in [-0.3, -0.25) is 0 Å². The summed E-state index contributed by atoms with van der Waals surface area (Å²) in [5.74, 6) is 0.461. The first-order valence-electron chi connectivity index (χ1n) is 6.24. The summed E-state index contributed by atoms with van der Waals surface area (Å²) in [4.78, 5) is 0. The average Bonchev–Trinajstić information content (AvgIpc) is 2.67. The smallest absolute Gasteiger partial charge is 0.00986 e. The van der Waals surface area contributed by atoms with E-state index in [-0.39, 0.29) is 0 Å². The molecule has 0 aromatic carbocycles. The van der Waals surface area contributed by atoms with Crippen LogP contribution in [0.5, 0.6) is 0 Å². The van der Waals surface area contributed by atoms with Gasteiger partial charge in [-0.2, -0.15) is 0 Å². The molecule has 0 spiro atoms. The van der Waals surface area contributed by atoms with Crippen molar-refractivity contribution in [3.8, 4) is 0 Å². The molecule has 17 heavy (non-hydrogen) atoms. The van der Waals surface area contributed by atoms with Gasteiger partial charge in [-0.05, 0) is 42.6 Å². The van der Waals surface area contributed by atoms with E-state index in [4.69, 9.17) is 0 Å². The Morgan fingerprint density at radius 3 is 2.29 bits per heavy atom. The molecule has 0 amide bonds. The van der Waals surface area contributed by atoms with Crippen LogP contribution in [0.25, 0.3) is 0 Å². The molecule has 1 unspecified atom stereocenters. The second kappa shape index (κ2) is 6.24. The van der Waals surface area contributed by atoms with Crippen LogP contribution in [0.1, 0.15) is 27.2 Å². The Bertz CT molecular complexity index is 425. The van der Waals surface area contributed by atoms with Crippen LogP contribution in [-0.4, -0.2) is 0 Å². The second-order valence-corrected chi connectivity index (χ2v) is 4.09. The van der Waals surface area contributed by atoms with Crippen LogP contribution in [0.2, 0.25) is 0 Å². The van der Waals surface area contributed by atoms with Gasteiger partial charge in [-0.25, -0.2) is 0 Å². The van der Waals surface area contributed by atoms with Gasteiger partial charge in [0.05, 0.1) is 0 Å². The zero-order valence-corrected chi connectivity index (χ0v) is 11.2. The zero-order valence-electron chi connectivity index (χ0n) is 11.2. The van der Waals surface area contributed by atoms with Crippen molar-refractivity contribution in [3.05, 3.63) is 71.9 Å². The van der Waals surface area contributed by atoms with Crippen molar-refractivity contribution >= 4 is 0 Å². The van der Waals surface area contributed by atoms with Crippen molar-refractivity contribution in [2.75, 3.05) is 0 Å². The molecule has 0 N–H and O–H groups in total. The topological polar surface area (TPSA) is 0 Å². The number of allylic oxidation sites excluding steroid dienone is 10. The van der Waals surface area contributed by atoms with Gasteiger partial charge in [-0.15, -0.1) is 0 Å². The molecule has 1 aliphatic rings. The van der Waals surface area contributed by atoms with Crippen LogP contribution in [0, 0.1) is 5.92 Å². The maximum absolute atomic E-state index is 3.94. The summed E-state index contributed by atoms with van der Waals surface area (Å²) in [7, 11) is 0. The van der Waals surface area contributed by atoms with Crippen molar-refractivity contribution in [1.29, 1.82) is 0 Å². The molecule has 0 heteroatoms. The van der Waals surface area contributed by atoms with E-state index >= 15 is 0 Å². The van der Waals surface area contributed by atoms with Crippen LogP contribution >= 0.6 is 0 Å². The summed E-state index contributed by atoms with van der Waals surface area (Å²) in [6.45, 7) is 14.2. The minimum atomic E-state index is 0.461. The van der Waals surface area contributed by atoms with Crippen molar-refractivity contribution in [2.24, 2.45) is 5.92 Å². The molecule has 1 aliphatic carbocycles. The molecule has 0 saturated heterocycles. The Labute approximate surface area is 105 Å². The Morgan fingerprint density at radius 2 is 1.88 bits per heavy atom. The monoisotopic (exact) mass is 226 g/mol. The van der Waals surface area contributed by atoms with Gasteiger partial charge in [0.2, 0.25) is 0 Å². The lowest BCUT2D eigenvalue weighted by atomic mass is 9.92. The molecule has 0 radical (unpaired) electrons. The lowest BCUT2D eigenvalue weighted by molar-refractivity contribution is 0.728. The molecule has 1 rings (SSSR count). The summed E-state index contributed by atoms with van der Waals surface area (Å²) in [6, 6.07) is 0. The minimum absolute atomic E-state index is 0.461. The number of rotatable bonds is 4. The third-order valence-electron chi connectivity index (χ3n) is 3.25. The van der Waals surface area contributed by atoms with E-state index in [1.807, 2.05) is 19.1 Å². The maximum Gasteiger partial charge on any atom is 0.00986 e. The predicted molar refractivity (Wildman–Crippen MR) is 77.9 cm³/mol. The highest BCUT2D eigenvalue weighted by atomic mass is 14.3. The highest BCUT2D eigenvalue weighted by molar-refractivity contribution is 5.65. The standard InChI is InChI=1S/C17H22/c1-6-11-12-17-15(9-4)13(7-2)14(8-3)16(17)10-5/h6-9,11-12,16H,2-3,10H2,1,4-5H3/b11-6-,15-9-,17-12+. The van der Waals surface area contributed by atoms with E-state index in [1.54, 1.807) is 0 Å². The van der Waals surface area contributed by atoms with Crippen LogP contribution in [0.4, 0.5) is 0 Å². The fraction of sp³-hybridized carbons (Fsp3) is 0.294. The average molecular weight is 226 g/mol. The first-order valence-corrected chi connectivity index (χ1v) is 6.24. The van der Waals surface area contributed by atoms with Gasteiger partial charge < -0.3 is 0 Å². The summed E-state index contributed by atoms with van der Waals surface area (Å²) in [6.07, 6.45) is 13.6. The lowest BCUT2D eigenvalue weighted by Gasteiger charge is -2.12. The molecule has 0 fully saturated rings. The maximum atomic E-state index is 3.94. The number of hydrogen-bond acceptors (Lipinski definition) is 0. The van der Waals surface area contributed by atoms with Crippen molar-refractivity contribution in [2.45, 2.75) is 27.2 Å². The molecular formula is C17H22. The van der Waals surface area contributed by atoms with E-state index in [0.717, 1.165) is 6.42 Å². The van der Waals surface area contributed by atoms with Gasteiger partial charge in [-0.1, -0.05) is 56.5 Å². The van der Waals surface area contributed by atoms with Gasteiger partial charge in [0.25, 0.3) is 0 Å². The Balaban J connectivity index is 3.38. The Kier molecular flexibility index (Phi) is 4.96. The van der Waals surface area contributed by atoms with Crippen molar-refractivity contribution < 1.29 is 0 Å². The molecule has 0 bridgehead atoms. The lowest BCUT2D eigenvalue weighted by Crippen LogP contribution is -1.99. The van der Waals surface area contributed by atoms with Crippen molar-refractivity contribution in [3.63, 3.8) is 0 Å². The van der Waals surface area contributed by atoms with Gasteiger partial charge in [0.1, 0.15) is 0 Å². The molecule has 0 aromatic heterocycles. The SMILES string of the molecule is C=CC1=C(C=C)C(CC)C(=C/C=C\C)/C1=C\C. The van der Waals surface area contributed by atoms with E-state index in [0.29, 0.717) is 5.92 Å². The van der Waals surface area contributed by atoms with Gasteiger partial charge >= 0.3 is 0 Å². The second-order valence-electron chi connectivity index (χ2n) is 4.09. The van der Waals surface area contributed by atoms with Crippen LogP contribution in [-0.2, 0) is 0 Å². The molecule has 90 valence electrons. The summed E-state index contributed by atoms with van der Waals surface area (Å²) in [5, 5.41) is 0. The highest BCUT2D eigenvalue weighted by Gasteiger charge is 2.28. The fourth-order valence-corrected chi connectivity index (χ4v) is 2.50. The van der Waals surface area contributed by atoms with E-state index in [2.05, 4.69) is 51.3 Å².